The normalized spacial score (nSPS) is 18.6. The third-order valence-electron chi connectivity index (χ3n) is 6.13. The zero-order valence-corrected chi connectivity index (χ0v) is 18.3. The van der Waals surface area contributed by atoms with Gasteiger partial charge in [-0.2, -0.15) is 0 Å². The van der Waals surface area contributed by atoms with Crippen LogP contribution in [0.2, 0.25) is 0 Å². The fourth-order valence-corrected chi connectivity index (χ4v) is 6.27. The summed E-state index contributed by atoms with van der Waals surface area (Å²) in [6.07, 6.45) is 2.03. The maximum absolute atomic E-state index is 12.9. The minimum absolute atomic E-state index is 0.00159. The number of H-pyrrole nitrogens is 1. The van der Waals surface area contributed by atoms with Gasteiger partial charge in [-0.3, -0.25) is 14.9 Å². The van der Waals surface area contributed by atoms with Crippen molar-refractivity contribution in [2.24, 2.45) is 4.99 Å². The molecule has 4 aromatic rings. The van der Waals surface area contributed by atoms with E-state index in [2.05, 4.69) is 39.8 Å². The highest BCUT2D eigenvalue weighted by molar-refractivity contribution is 7.91. The molecule has 0 bridgehead atoms. The predicted molar refractivity (Wildman–Crippen MR) is 124 cm³/mol. The lowest BCUT2D eigenvalue weighted by molar-refractivity contribution is 0.483. The number of aryl methyl sites for hydroxylation is 2. The molecule has 5 rings (SSSR count). The number of hydrogen-bond donors (Lipinski definition) is 1. The van der Waals surface area contributed by atoms with Crippen LogP contribution in [0.25, 0.3) is 21.8 Å². The molecule has 3 heterocycles. The molecule has 1 N–H and O–H groups in total. The van der Waals surface area contributed by atoms with Crippen LogP contribution in [-0.4, -0.2) is 40.5 Å². The monoisotopic (exact) mass is 436 g/mol. The zero-order chi connectivity index (χ0) is 21.8. The van der Waals surface area contributed by atoms with Gasteiger partial charge in [0.05, 0.1) is 28.8 Å². The number of hydrogen-bond acceptors (Lipinski definition) is 4. The summed E-state index contributed by atoms with van der Waals surface area (Å²) in [5, 5.41) is 5.35. The summed E-state index contributed by atoms with van der Waals surface area (Å²) in [5.74, 6) is 0.124. The third kappa shape index (κ3) is 3.31. The summed E-state index contributed by atoms with van der Waals surface area (Å²) in [6.45, 7) is 4.82. The second-order valence-corrected chi connectivity index (χ2v) is 10.3. The minimum atomic E-state index is -3.07. The van der Waals surface area contributed by atoms with Crippen LogP contribution in [0, 0.1) is 6.92 Å². The van der Waals surface area contributed by atoms with Crippen molar-refractivity contribution in [1.82, 2.24) is 14.3 Å². The van der Waals surface area contributed by atoms with E-state index in [4.69, 9.17) is 0 Å². The highest BCUT2D eigenvalue weighted by atomic mass is 32.2. The van der Waals surface area contributed by atoms with Gasteiger partial charge in [0.15, 0.2) is 9.84 Å². The Morgan fingerprint density at radius 2 is 1.94 bits per heavy atom. The van der Waals surface area contributed by atoms with E-state index >= 15 is 0 Å². The number of aliphatic imine (C=N–C) groups is 1. The van der Waals surface area contributed by atoms with Crippen molar-refractivity contribution in [3.05, 3.63) is 64.1 Å². The quantitative estimate of drug-likeness (QED) is 0.495. The molecule has 0 unspecified atom stereocenters. The van der Waals surface area contributed by atoms with E-state index in [1.54, 1.807) is 13.1 Å². The van der Waals surface area contributed by atoms with Crippen LogP contribution in [0.1, 0.15) is 30.6 Å². The molecule has 2 aromatic heterocycles. The van der Waals surface area contributed by atoms with Crippen LogP contribution in [0.4, 0.5) is 5.69 Å². The maximum atomic E-state index is 12.9. The first kappa shape index (κ1) is 19.8. The number of fused-ring (bicyclic) bond motifs is 3. The number of sulfone groups is 1. The standard InChI is InChI=1S/C23H24N4O3S/c1-3-26-21-7-5-4-6-18(21)19-12-16(8-9-22(19)26)24-13-20-15(2)25-27(23(20)28)17-10-11-31(29,30)14-17/h4-9,12-13,17,25H,3,10-11,14H2,1-2H3/t17-/m0/s1. The first-order valence-corrected chi connectivity index (χ1v) is 12.3. The van der Waals surface area contributed by atoms with Gasteiger partial charge < -0.3 is 4.57 Å². The SMILES string of the molecule is CCn1c2ccccc2c2cc(N=Cc3c(C)[nH]n([C@H]4CCS(=O)(=O)C4)c3=O)ccc21. The number of nitrogens with one attached hydrogen (secondary N) is 1. The van der Waals surface area contributed by atoms with Crippen molar-refractivity contribution >= 4 is 43.5 Å². The van der Waals surface area contributed by atoms with Crippen molar-refractivity contribution < 1.29 is 8.42 Å². The topological polar surface area (TPSA) is 89.2 Å². The van der Waals surface area contributed by atoms with Crippen LogP contribution >= 0.6 is 0 Å². The number of aromatic amines is 1. The van der Waals surface area contributed by atoms with Crippen molar-refractivity contribution in [3.63, 3.8) is 0 Å². The number of nitrogens with zero attached hydrogens (tertiary/aromatic N) is 3. The lowest BCUT2D eigenvalue weighted by Gasteiger charge is -2.07. The first-order chi connectivity index (χ1) is 14.9. The molecule has 1 atom stereocenters. The van der Waals surface area contributed by atoms with Gasteiger partial charge in [-0.05, 0) is 44.5 Å². The lowest BCUT2D eigenvalue weighted by atomic mass is 10.1. The Morgan fingerprint density at radius 3 is 2.68 bits per heavy atom. The summed E-state index contributed by atoms with van der Waals surface area (Å²) < 4.78 is 27.3. The minimum Gasteiger partial charge on any atom is -0.341 e. The highest BCUT2D eigenvalue weighted by Gasteiger charge is 2.31. The van der Waals surface area contributed by atoms with E-state index in [9.17, 15) is 13.2 Å². The molecule has 31 heavy (non-hydrogen) atoms. The fraction of sp³-hybridized carbons (Fsp3) is 0.304. The molecule has 0 amide bonds. The van der Waals surface area contributed by atoms with Gasteiger partial charge >= 0.3 is 0 Å². The van der Waals surface area contributed by atoms with Crippen molar-refractivity contribution in [3.8, 4) is 0 Å². The van der Waals surface area contributed by atoms with Gasteiger partial charge in [0, 0.05) is 40.3 Å². The van der Waals surface area contributed by atoms with E-state index < -0.39 is 9.84 Å². The molecule has 0 aliphatic carbocycles. The molecular weight excluding hydrogens is 412 g/mol. The van der Waals surface area contributed by atoms with Gasteiger partial charge in [-0.25, -0.2) is 13.1 Å². The van der Waals surface area contributed by atoms with Gasteiger partial charge in [0.2, 0.25) is 0 Å². The van der Waals surface area contributed by atoms with Gasteiger partial charge in [-0.1, -0.05) is 18.2 Å². The lowest BCUT2D eigenvalue weighted by Crippen LogP contribution is -2.25. The van der Waals surface area contributed by atoms with E-state index in [1.807, 2.05) is 24.3 Å². The van der Waals surface area contributed by atoms with Crippen LogP contribution in [0.3, 0.4) is 0 Å². The first-order valence-electron chi connectivity index (χ1n) is 10.4. The molecule has 7 nitrogen and oxygen atoms in total. The largest absolute Gasteiger partial charge is 0.341 e. The number of aromatic nitrogens is 3. The summed E-state index contributed by atoms with van der Waals surface area (Å²) in [7, 11) is -3.07. The average molecular weight is 437 g/mol. The second kappa shape index (κ2) is 7.23. The second-order valence-electron chi connectivity index (χ2n) is 8.10. The van der Waals surface area contributed by atoms with E-state index in [-0.39, 0.29) is 23.1 Å². The fourth-order valence-electron chi connectivity index (χ4n) is 4.57. The Hall–Kier alpha value is -3.13. The number of para-hydroxylation sites is 1. The molecule has 0 spiro atoms. The van der Waals surface area contributed by atoms with E-state index in [1.165, 1.54) is 15.6 Å². The van der Waals surface area contributed by atoms with Crippen LogP contribution in [0.15, 0.2) is 52.3 Å². The van der Waals surface area contributed by atoms with E-state index in [0.29, 0.717) is 17.7 Å². The Morgan fingerprint density at radius 1 is 1.16 bits per heavy atom. The summed E-state index contributed by atoms with van der Waals surface area (Å²) in [5.41, 5.74) is 4.03. The Bertz CT molecular complexity index is 1510. The smallest absolute Gasteiger partial charge is 0.275 e. The summed E-state index contributed by atoms with van der Waals surface area (Å²) in [4.78, 5) is 17.5. The summed E-state index contributed by atoms with van der Waals surface area (Å²) in [6, 6.07) is 14.0. The van der Waals surface area contributed by atoms with Gasteiger partial charge in [0.25, 0.3) is 5.56 Å². The molecule has 0 radical (unpaired) electrons. The summed E-state index contributed by atoms with van der Waals surface area (Å²) >= 11 is 0. The Labute approximate surface area is 179 Å². The van der Waals surface area contributed by atoms with Crippen LogP contribution in [0.5, 0.6) is 0 Å². The van der Waals surface area contributed by atoms with Gasteiger partial charge in [0.1, 0.15) is 0 Å². The molecule has 2 aromatic carbocycles. The maximum Gasteiger partial charge on any atom is 0.275 e. The molecule has 1 aliphatic rings. The third-order valence-corrected chi connectivity index (χ3v) is 7.88. The molecule has 1 aliphatic heterocycles. The number of rotatable bonds is 4. The van der Waals surface area contributed by atoms with Gasteiger partial charge in [-0.15, -0.1) is 0 Å². The van der Waals surface area contributed by atoms with Crippen molar-refractivity contribution in [2.45, 2.75) is 32.9 Å². The average Bonchev–Trinajstić information content (AvgIpc) is 3.37. The molecule has 1 fully saturated rings. The molecule has 8 heteroatoms. The zero-order valence-electron chi connectivity index (χ0n) is 17.5. The predicted octanol–water partition coefficient (Wildman–Crippen LogP) is 3.72. The van der Waals surface area contributed by atoms with Crippen LogP contribution in [-0.2, 0) is 16.4 Å². The van der Waals surface area contributed by atoms with E-state index in [0.717, 1.165) is 23.1 Å². The Kier molecular flexibility index (Phi) is 4.62. The van der Waals surface area contributed by atoms with Crippen LogP contribution < -0.4 is 5.56 Å². The number of benzene rings is 2. The molecule has 0 saturated carbocycles. The highest BCUT2D eigenvalue weighted by Crippen LogP contribution is 2.31. The molecule has 1 saturated heterocycles. The molecular formula is C23H24N4O3S. The molecule has 160 valence electrons. The van der Waals surface area contributed by atoms with Crippen molar-refractivity contribution in [1.29, 1.82) is 0 Å². The Balaban J connectivity index is 1.53. The van der Waals surface area contributed by atoms with Crippen molar-refractivity contribution in [2.75, 3.05) is 11.5 Å².